The van der Waals surface area contributed by atoms with Crippen LogP contribution in [0.15, 0.2) is 18.3 Å². The van der Waals surface area contributed by atoms with Gasteiger partial charge < -0.3 is 15.6 Å². The number of amides is 2. The van der Waals surface area contributed by atoms with Crippen molar-refractivity contribution in [3.63, 3.8) is 0 Å². The van der Waals surface area contributed by atoms with E-state index in [1.807, 2.05) is 6.92 Å². The van der Waals surface area contributed by atoms with Crippen LogP contribution in [0.4, 0.5) is 0 Å². The standard InChI is InChI=1S/C11H15N3O2S/c1-3-12-9(15)7(2)14-10(16)8-5-4-6-13-11(8)17/h4-7H,3H2,1-2H3,(H,12,15)(H,13,17)(H,14,16). The summed E-state index contributed by atoms with van der Waals surface area (Å²) in [5.74, 6) is -0.572. The van der Waals surface area contributed by atoms with Gasteiger partial charge in [-0.05, 0) is 26.0 Å². The van der Waals surface area contributed by atoms with Crippen molar-refractivity contribution in [3.05, 3.63) is 28.5 Å². The van der Waals surface area contributed by atoms with E-state index >= 15 is 0 Å². The molecule has 6 heteroatoms. The van der Waals surface area contributed by atoms with Gasteiger partial charge >= 0.3 is 0 Å². The second-order valence-electron chi connectivity index (χ2n) is 3.50. The lowest BCUT2D eigenvalue weighted by Gasteiger charge is -2.13. The number of H-pyrrole nitrogens is 1. The summed E-state index contributed by atoms with van der Waals surface area (Å²) < 4.78 is 0.355. The third-order valence-corrected chi connectivity index (χ3v) is 2.49. The molecule has 1 aromatic heterocycles. The zero-order valence-corrected chi connectivity index (χ0v) is 10.6. The van der Waals surface area contributed by atoms with Crippen LogP contribution in [-0.2, 0) is 4.79 Å². The lowest BCUT2D eigenvalue weighted by atomic mass is 10.2. The molecular weight excluding hydrogens is 238 g/mol. The van der Waals surface area contributed by atoms with Crippen molar-refractivity contribution in [1.82, 2.24) is 15.6 Å². The highest BCUT2D eigenvalue weighted by atomic mass is 32.1. The van der Waals surface area contributed by atoms with Crippen molar-refractivity contribution >= 4 is 24.0 Å². The van der Waals surface area contributed by atoms with E-state index < -0.39 is 6.04 Å². The lowest BCUT2D eigenvalue weighted by molar-refractivity contribution is -0.122. The number of carbonyl (C=O) groups is 2. The Balaban J connectivity index is 2.70. The number of rotatable bonds is 4. The second-order valence-corrected chi connectivity index (χ2v) is 3.91. The summed E-state index contributed by atoms with van der Waals surface area (Å²) in [6.07, 6.45) is 1.65. The van der Waals surface area contributed by atoms with E-state index in [-0.39, 0.29) is 11.8 Å². The average Bonchev–Trinajstić information content (AvgIpc) is 2.29. The van der Waals surface area contributed by atoms with Crippen molar-refractivity contribution in [2.24, 2.45) is 0 Å². The lowest BCUT2D eigenvalue weighted by Crippen LogP contribution is -2.44. The molecular formula is C11H15N3O2S. The maximum absolute atomic E-state index is 11.8. The van der Waals surface area contributed by atoms with Gasteiger partial charge in [0.15, 0.2) is 0 Å². The van der Waals surface area contributed by atoms with E-state index in [9.17, 15) is 9.59 Å². The highest BCUT2D eigenvalue weighted by Gasteiger charge is 2.16. The minimum absolute atomic E-state index is 0.216. The van der Waals surface area contributed by atoms with Gasteiger partial charge in [0, 0.05) is 12.7 Å². The molecule has 0 spiro atoms. The number of aromatic amines is 1. The summed E-state index contributed by atoms with van der Waals surface area (Å²) in [5, 5.41) is 5.21. The summed E-state index contributed by atoms with van der Waals surface area (Å²) >= 11 is 4.98. The normalized spacial score (nSPS) is 11.6. The molecule has 0 saturated carbocycles. The molecule has 5 nitrogen and oxygen atoms in total. The van der Waals surface area contributed by atoms with Gasteiger partial charge in [0.05, 0.1) is 5.56 Å². The summed E-state index contributed by atoms with van der Waals surface area (Å²) in [6, 6.07) is 2.71. The summed E-state index contributed by atoms with van der Waals surface area (Å²) in [5.41, 5.74) is 0.360. The number of nitrogens with one attached hydrogen (secondary N) is 3. The fourth-order valence-electron chi connectivity index (χ4n) is 1.27. The SMILES string of the molecule is CCNC(=O)C(C)NC(=O)c1ccc[nH]c1=S. The van der Waals surface area contributed by atoms with Gasteiger partial charge in [0.25, 0.3) is 5.91 Å². The van der Waals surface area contributed by atoms with Crippen LogP contribution >= 0.6 is 12.2 Å². The number of aromatic nitrogens is 1. The highest BCUT2D eigenvalue weighted by molar-refractivity contribution is 7.71. The number of likely N-dealkylation sites (N-methyl/N-ethyl adjacent to an activating group) is 1. The van der Waals surface area contributed by atoms with Gasteiger partial charge in [-0.2, -0.15) is 0 Å². The molecule has 1 rings (SSSR count). The van der Waals surface area contributed by atoms with Gasteiger partial charge in [-0.25, -0.2) is 0 Å². The molecule has 0 aromatic carbocycles. The highest BCUT2D eigenvalue weighted by Crippen LogP contribution is 2.00. The van der Waals surface area contributed by atoms with E-state index in [1.165, 1.54) is 0 Å². The number of hydrogen-bond acceptors (Lipinski definition) is 3. The van der Waals surface area contributed by atoms with Crippen LogP contribution in [0.25, 0.3) is 0 Å². The van der Waals surface area contributed by atoms with Crippen LogP contribution in [0.1, 0.15) is 24.2 Å². The molecule has 1 aromatic rings. The zero-order valence-electron chi connectivity index (χ0n) is 9.74. The van der Waals surface area contributed by atoms with Crippen LogP contribution in [0.5, 0.6) is 0 Å². The van der Waals surface area contributed by atoms with Crippen LogP contribution < -0.4 is 10.6 Å². The van der Waals surface area contributed by atoms with Crippen LogP contribution in [0.2, 0.25) is 0 Å². The molecule has 17 heavy (non-hydrogen) atoms. The molecule has 3 N–H and O–H groups in total. The van der Waals surface area contributed by atoms with E-state index in [1.54, 1.807) is 25.3 Å². The summed E-state index contributed by atoms with van der Waals surface area (Å²) in [4.78, 5) is 26.0. The van der Waals surface area contributed by atoms with Gasteiger partial charge in [-0.15, -0.1) is 0 Å². The van der Waals surface area contributed by atoms with Crippen LogP contribution in [0, 0.1) is 4.64 Å². The Labute approximate surface area is 105 Å². The largest absolute Gasteiger partial charge is 0.355 e. The molecule has 0 aliphatic rings. The molecule has 0 radical (unpaired) electrons. The van der Waals surface area contributed by atoms with Crippen molar-refractivity contribution in [1.29, 1.82) is 0 Å². The Hall–Kier alpha value is -1.69. The van der Waals surface area contributed by atoms with E-state index in [2.05, 4.69) is 15.6 Å². The van der Waals surface area contributed by atoms with E-state index in [4.69, 9.17) is 12.2 Å². The maximum Gasteiger partial charge on any atom is 0.254 e. The number of pyridine rings is 1. The Morgan fingerprint density at radius 1 is 1.53 bits per heavy atom. The maximum atomic E-state index is 11.8. The first kappa shape index (κ1) is 13.4. The summed E-state index contributed by atoms with van der Waals surface area (Å²) in [7, 11) is 0. The predicted molar refractivity (Wildman–Crippen MR) is 67.2 cm³/mol. The molecule has 1 heterocycles. The van der Waals surface area contributed by atoms with Gasteiger partial charge in [0.1, 0.15) is 10.7 Å². The molecule has 2 amide bonds. The Bertz CT molecular complexity index is 470. The van der Waals surface area contributed by atoms with E-state index in [0.717, 1.165) is 0 Å². The molecule has 1 unspecified atom stereocenters. The van der Waals surface area contributed by atoms with Crippen LogP contribution in [0.3, 0.4) is 0 Å². The molecule has 0 aliphatic carbocycles. The molecule has 92 valence electrons. The van der Waals surface area contributed by atoms with Crippen molar-refractivity contribution in [2.75, 3.05) is 6.54 Å². The predicted octanol–water partition coefficient (Wildman–Crippen LogP) is 0.999. The van der Waals surface area contributed by atoms with Gasteiger partial charge in [0.2, 0.25) is 5.91 Å². The third-order valence-electron chi connectivity index (χ3n) is 2.15. The number of hydrogen-bond donors (Lipinski definition) is 3. The average molecular weight is 253 g/mol. The minimum Gasteiger partial charge on any atom is -0.355 e. The first-order valence-corrected chi connectivity index (χ1v) is 5.73. The fraction of sp³-hybridized carbons (Fsp3) is 0.364. The monoisotopic (exact) mass is 253 g/mol. The number of carbonyl (C=O) groups excluding carboxylic acids is 2. The molecule has 0 aliphatic heterocycles. The van der Waals surface area contributed by atoms with Crippen molar-refractivity contribution in [2.45, 2.75) is 19.9 Å². The minimum atomic E-state index is -0.586. The molecule has 1 atom stereocenters. The molecule has 0 fully saturated rings. The smallest absolute Gasteiger partial charge is 0.254 e. The van der Waals surface area contributed by atoms with Crippen molar-refractivity contribution < 1.29 is 9.59 Å². The summed E-state index contributed by atoms with van der Waals surface area (Å²) in [6.45, 7) is 3.98. The first-order chi connectivity index (χ1) is 8.06. The van der Waals surface area contributed by atoms with Crippen molar-refractivity contribution in [3.8, 4) is 0 Å². The topological polar surface area (TPSA) is 74.0 Å². The first-order valence-electron chi connectivity index (χ1n) is 5.32. The Morgan fingerprint density at radius 3 is 2.82 bits per heavy atom. The second kappa shape index (κ2) is 6.15. The fourth-order valence-corrected chi connectivity index (χ4v) is 1.50. The Kier molecular flexibility index (Phi) is 4.84. The van der Waals surface area contributed by atoms with Crippen LogP contribution in [-0.4, -0.2) is 29.4 Å². The molecule has 0 bridgehead atoms. The van der Waals surface area contributed by atoms with E-state index in [0.29, 0.717) is 16.7 Å². The zero-order chi connectivity index (χ0) is 12.8. The third kappa shape index (κ3) is 3.67. The quantitative estimate of drug-likeness (QED) is 0.701. The Morgan fingerprint density at radius 2 is 2.24 bits per heavy atom. The molecule has 0 saturated heterocycles. The van der Waals surface area contributed by atoms with Gasteiger partial charge in [-0.3, -0.25) is 9.59 Å². The van der Waals surface area contributed by atoms with Gasteiger partial charge in [-0.1, -0.05) is 12.2 Å².